The molecule has 1 heterocycles. The first-order valence-electron chi connectivity index (χ1n) is 7.44. The van der Waals surface area contributed by atoms with Crippen molar-refractivity contribution in [1.82, 2.24) is 10.6 Å². The largest absolute Gasteiger partial charge is 0.350 e. The number of amides is 1. The lowest BCUT2D eigenvalue weighted by molar-refractivity contribution is -0.127. The fourth-order valence-electron chi connectivity index (χ4n) is 2.97. The molecule has 0 saturated carbocycles. The molecule has 0 aromatic heterocycles. The summed E-state index contributed by atoms with van der Waals surface area (Å²) in [6, 6.07) is 20.0. The predicted octanol–water partition coefficient (Wildman–Crippen LogP) is 2.58. The van der Waals surface area contributed by atoms with E-state index in [0.717, 1.165) is 30.5 Å². The van der Waals surface area contributed by atoms with E-state index in [1.807, 2.05) is 60.7 Å². The van der Waals surface area contributed by atoms with Crippen molar-refractivity contribution < 1.29 is 4.79 Å². The fraction of sp³-hybridized carbons (Fsp3) is 0.278. The Morgan fingerprint density at radius 1 is 1.05 bits per heavy atom. The van der Waals surface area contributed by atoms with Crippen LogP contribution in [-0.2, 0) is 16.9 Å². The van der Waals surface area contributed by atoms with Crippen molar-refractivity contribution in [3.8, 4) is 0 Å². The van der Waals surface area contributed by atoms with Gasteiger partial charge in [0.05, 0.1) is 0 Å². The molecular formula is C18H20N2O. The number of nitrogens with one attached hydrogen (secondary N) is 2. The minimum Gasteiger partial charge on any atom is -0.350 e. The SMILES string of the molecule is O=C(NCc1ccccc1)[C@]1(c2ccccc2)CCCN1. The molecule has 1 fully saturated rings. The lowest BCUT2D eigenvalue weighted by Crippen LogP contribution is -2.50. The average molecular weight is 280 g/mol. The second-order valence-electron chi connectivity index (χ2n) is 5.47. The summed E-state index contributed by atoms with van der Waals surface area (Å²) >= 11 is 0. The Balaban J connectivity index is 1.77. The van der Waals surface area contributed by atoms with Crippen LogP contribution in [0.3, 0.4) is 0 Å². The Hall–Kier alpha value is -2.13. The van der Waals surface area contributed by atoms with Crippen LogP contribution in [0, 0.1) is 0 Å². The monoisotopic (exact) mass is 280 g/mol. The number of carbonyl (C=O) groups is 1. The highest BCUT2D eigenvalue weighted by atomic mass is 16.2. The van der Waals surface area contributed by atoms with Gasteiger partial charge in [-0.05, 0) is 30.5 Å². The molecule has 3 nitrogen and oxygen atoms in total. The van der Waals surface area contributed by atoms with Gasteiger partial charge in [0.25, 0.3) is 0 Å². The van der Waals surface area contributed by atoms with Crippen LogP contribution in [0.1, 0.15) is 24.0 Å². The van der Waals surface area contributed by atoms with E-state index in [2.05, 4.69) is 10.6 Å². The van der Waals surface area contributed by atoms with Crippen LogP contribution >= 0.6 is 0 Å². The lowest BCUT2D eigenvalue weighted by Gasteiger charge is -2.28. The molecule has 1 amide bonds. The quantitative estimate of drug-likeness (QED) is 0.904. The molecule has 0 spiro atoms. The molecule has 1 atom stereocenters. The molecule has 0 unspecified atom stereocenters. The fourth-order valence-corrected chi connectivity index (χ4v) is 2.97. The third-order valence-electron chi connectivity index (χ3n) is 4.11. The van der Waals surface area contributed by atoms with Crippen LogP contribution in [0.5, 0.6) is 0 Å². The van der Waals surface area contributed by atoms with Crippen molar-refractivity contribution in [2.45, 2.75) is 24.9 Å². The molecule has 0 aliphatic carbocycles. The first-order chi connectivity index (χ1) is 10.3. The van der Waals surface area contributed by atoms with Gasteiger partial charge in [-0.2, -0.15) is 0 Å². The minimum atomic E-state index is -0.573. The van der Waals surface area contributed by atoms with Crippen LogP contribution in [0.15, 0.2) is 60.7 Å². The molecule has 2 aromatic rings. The van der Waals surface area contributed by atoms with Crippen molar-refractivity contribution in [2.75, 3.05) is 6.54 Å². The standard InChI is InChI=1S/C18H20N2O/c21-17(19-14-15-8-3-1-4-9-15)18(12-7-13-20-18)16-10-5-2-6-11-16/h1-6,8-11,20H,7,12-14H2,(H,19,21)/t18-/m1/s1. The molecule has 0 radical (unpaired) electrons. The Morgan fingerprint density at radius 2 is 1.71 bits per heavy atom. The molecule has 3 heteroatoms. The van der Waals surface area contributed by atoms with E-state index >= 15 is 0 Å². The molecule has 108 valence electrons. The topological polar surface area (TPSA) is 41.1 Å². The highest BCUT2D eigenvalue weighted by Crippen LogP contribution is 2.31. The van der Waals surface area contributed by atoms with Crippen molar-refractivity contribution in [3.63, 3.8) is 0 Å². The van der Waals surface area contributed by atoms with Crippen LogP contribution in [0.4, 0.5) is 0 Å². The third-order valence-corrected chi connectivity index (χ3v) is 4.11. The number of benzene rings is 2. The van der Waals surface area contributed by atoms with E-state index in [1.54, 1.807) is 0 Å². The van der Waals surface area contributed by atoms with E-state index in [9.17, 15) is 4.79 Å². The van der Waals surface area contributed by atoms with Gasteiger partial charge in [0.2, 0.25) is 5.91 Å². The van der Waals surface area contributed by atoms with Crippen LogP contribution in [0.2, 0.25) is 0 Å². The maximum Gasteiger partial charge on any atom is 0.245 e. The Morgan fingerprint density at radius 3 is 2.33 bits per heavy atom. The summed E-state index contributed by atoms with van der Waals surface area (Å²) in [5.74, 6) is 0.0649. The Bertz CT molecular complexity index is 589. The van der Waals surface area contributed by atoms with Gasteiger partial charge in [0, 0.05) is 6.54 Å². The molecule has 2 N–H and O–H groups in total. The highest BCUT2D eigenvalue weighted by Gasteiger charge is 2.42. The zero-order valence-corrected chi connectivity index (χ0v) is 12.0. The van der Waals surface area contributed by atoms with Crippen molar-refractivity contribution in [1.29, 1.82) is 0 Å². The van der Waals surface area contributed by atoms with Gasteiger partial charge in [0.1, 0.15) is 5.54 Å². The number of hydrogen-bond acceptors (Lipinski definition) is 2. The predicted molar refractivity (Wildman–Crippen MR) is 83.6 cm³/mol. The molecule has 3 rings (SSSR count). The summed E-state index contributed by atoms with van der Waals surface area (Å²) in [5.41, 5.74) is 1.59. The molecule has 1 aliphatic rings. The number of hydrogen-bond donors (Lipinski definition) is 2. The highest BCUT2D eigenvalue weighted by molar-refractivity contribution is 5.88. The van der Waals surface area contributed by atoms with Crippen LogP contribution < -0.4 is 10.6 Å². The smallest absolute Gasteiger partial charge is 0.245 e. The maximum absolute atomic E-state index is 12.8. The van der Waals surface area contributed by atoms with Gasteiger partial charge in [-0.3, -0.25) is 10.1 Å². The van der Waals surface area contributed by atoms with Crippen LogP contribution in [0.25, 0.3) is 0 Å². The van der Waals surface area contributed by atoms with E-state index in [0.29, 0.717) is 6.54 Å². The second-order valence-corrected chi connectivity index (χ2v) is 5.47. The summed E-state index contributed by atoms with van der Waals surface area (Å²) in [6.07, 6.45) is 1.87. The van der Waals surface area contributed by atoms with E-state index in [1.165, 1.54) is 0 Å². The first-order valence-corrected chi connectivity index (χ1v) is 7.44. The van der Waals surface area contributed by atoms with Crippen molar-refractivity contribution >= 4 is 5.91 Å². The van der Waals surface area contributed by atoms with Crippen LogP contribution in [-0.4, -0.2) is 12.5 Å². The van der Waals surface area contributed by atoms with Crippen molar-refractivity contribution in [2.24, 2.45) is 0 Å². The van der Waals surface area contributed by atoms with Gasteiger partial charge in [-0.15, -0.1) is 0 Å². The summed E-state index contributed by atoms with van der Waals surface area (Å²) < 4.78 is 0. The summed E-state index contributed by atoms with van der Waals surface area (Å²) in [5, 5.41) is 6.49. The summed E-state index contributed by atoms with van der Waals surface area (Å²) in [4.78, 5) is 12.8. The third kappa shape index (κ3) is 2.83. The minimum absolute atomic E-state index is 0.0649. The van der Waals surface area contributed by atoms with Crippen molar-refractivity contribution in [3.05, 3.63) is 71.8 Å². The maximum atomic E-state index is 12.8. The van der Waals surface area contributed by atoms with Gasteiger partial charge in [-0.1, -0.05) is 60.7 Å². The van der Waals surface area contributed by atoms with E-state index < -0.39 is 5.54 Å². The Kier molecular flexibility index (Phi) is 4.02. The average Bonchev–Trinajstić information content (AvgIpc) is 3.05. The zero-order valence-electron chi connectivity index (χ0n) is 12.0. The summed E-state index contributed by atoms with van der Waals surface area (Å²) in [6.45, 7) is 1.45. The first kappa shape index (κ1) is 13.8. The lowest BCUT2D eigenvalue weighted by atomic mass is 9.87. The Labute approximate surface area is 125 Å². The molecule has 21 heavy (non-hydrogen) atoms. The molecule has 0 bridgehead atoms. The molecule has 2 aromatic carbocycles. The number of carbonyl (C=O) groups excluding carboxylic acids is 1. The second kappa shape index (κ2) is 6.10. The molecular weight excluding hydrogens is 260 g/mol. The molecule has 1 aliphatic heterocycles. The van der Waals surface area contributed by atoms with Gasteiger partial charge >= 0.3 is 0 Å². The zero-order chi connectivity index (χ0) is 14.5. The number of rotatable bonds is 4. The van der Waals surface area contributed by atoms with E-state index in [-0.39, 0.29) is 5.91 Å². The normalized spacial score (nSPS) is 21.1. The molecule has 1 saturated heterocycles. The van der Waals surface area contributed by atoms with Gasteiger partial charge < -0.3 is 5.32 Å². The van der Waals surface area contributed by atoms with Gasteiger partial charge in [-0.25, -0.2) is 0 Å². The summed E-state index contributed by atoms with van der Waals surface area (Å²) in [7, 11) is 0. The van der Waals surface area contributed by atoms with E-state index in [4.69, 9.17) is 0 Å². The van der Waals surface area contributed by atoms with Gasteiger partial charge in [0.15, 0.2) is 0 Å².